The van der Waals surface area contributed by atoms with Gasteiger partial charge in [-0.3, -0.25) is 10.1 Å². The van der Waals surface area contributed by atoms with E-state index in [1.54, 1.807) is 0 Å². The SMILES string of the molecule is Cl.NS(=O)(=O)N(C[C@@H]1C[C@H](S)CN1)C(=O)OCc1ccc([N+](=O)[O-])cc1. The van der Waals surface area contributed by atoms with Crippen molar-refractivity contribution in [2.75, 3.05) is 13.1 Å². The lowest BCUT2D eigenvalue weighted by Crippen LogP contribution is -2.47. The van der Waals surface area contributed by atoms with Crippen LogP contribution in [0.5, 0.6) is 0 Å². The van der Waals surface area contributed by atoms with Gasteiger partial charge in [0.25, 0.3) is 5.69 Å². The summed E-state index contributed by atoms with van der Waals surface area (Å²) in [5.41, 5.74) is 0.373. The van der Waals surface area contributed by atoms with Gasteiger partial charge in [0.2, 0.25) is 0 Å². The molecule has 0 aromatic heterocycles. The average molecular weight is 427 g/mol. The summed E-state index contributed by atoms with van der Waals surface area (Å²) < 4.78 is 28.7. The standard InChI is InChI=1S/C13H18N4O6S2.ClH/c14-25(21,22)16(7-10-5-12(24)6-15-10)13(18)23-8-9-1-3-11(4-2-9)17(19)20;/h1-4,10,12,15,24H,5-8H2,(H2,14,21,22);1H/t10-,12-;/m0./s1. The Hall–Kier alpha value is -1.60. The lowest BCUT2D eigenvalue weighted by Gasteiger charge is -2.22. The number of hydrogen-bond acceptors (Lipinski definition) is 8. The number of carbonyl (C=O) groups excluding carboxylic acids is 1. The molecule has 1 amide bonds. The van der Waals surface area contributed by atoms with E-state index in [1.807, 2.05) is 0 Å². The second-order valence-electron chi connectivity index (χ2n) is 5.55. The van der Waals surface area contributed by atoms with Crippen molar-refractivity contribution in [1.29, 1.82) is 0 Å². The molecule has 0 saturated carbocycles. The van der Waals surface area contributed by atoms with Crippen LogP contribution in [-0.2, 0) is 21.6 Å². The summed E-state index contributed by atoms with van der Waals surface area (Å²) in [4.78, 5) is 22.1. The number of benzene rings is 1. The number of nitrogens with two attached hydrogens (primary N) is 1. The lowest BCUT2D eigenvalue weighted by molar-refractivity contribution is -0.384. The number of hydrogen-bond donors (Lipinski definition) is 3. The van der Waals surface area contributed by atoms with Gasteiger partial charge >= 0.3 is 16.3 Å². The molecule has 146 valence electrons. The molecule has 1 heterocycles. The van der Waals surface area contributed by atoms with Crippen molar-refractivity contribution in [3.8, 4) is 0 Å². The molecule has 1 aromatic rings. The third-order valence-corrected chi connectivity index (χ3v) is 4.91. The molecule has 3 N–H and O–H groups in total. The van der Waals surface area contributed by atoms with Gasteiger partial charge in [-0.1, -0.05) is 0 Å². The van der Waals surface area contributed by atoms with Gasteiger partial charge in [-0.2, -0.15) is 25.4 Å². The van der Waals surface area contributed by atoms with Crippen molar-refractivity contribution in [3.05, 3.63) is 39.9 Å². The molecule has 0 spiro atoms. The van der Waals surface area contributed by atoms with Crippen LogP contribution >= 0.6 is 25.0 Å². The van der Waals surface area contributed by atoms with E-state index >= 15 is 0 Å². The van der Waals surface area contributed by atoms with Crippen LogP contribution in [0.1, 0.15) is 12.0 Å². The molecule has 1 saturated heterocycles. The minimum absolute atomic E-state index is 0. The van der Waals surface area contributed by atoms with Crippen molar-refractivity contribution < 1.29 is 22.9 Å². The van der Waals surface area contributed by atoms with Gasteiger partial charge in [-0.05, 0) is 24.1 Å². The second kappa shape index (κ2) is 9.37. The highest BCUT2D eigenvalue weighted by Crippen LogP contribution is 2.16. The number of carbonyl (C=O) groups is 1. The molecular weight excluding hydrogens is 408 g/mol. The molecule has 1 fully saturated rings. The molecule has 2 rings (SSSR count). The van der Waals surface area contributed by atoms with Crippen LogP contribution in [0.25, 0.3) is 0 Å². The zero-order valence-corrected chi connectivity index (χ0v) is 16.0. The highest BCUT2D eigenvalue weighted by Gasteiger charge is 2.31. The maximum Gasteiger partial charge on any atom is 0.424 e. The number of nitrogens with zero attached hydrogens (tertiary/aromatic N) is 2. The third kappa shape index (κ3) is 6.29. The Morgan fingerprint density at radius 3 is 2.50 bits per heavy atom. The normalized spacial score (nSPS) is 19.5. The van der Waals surface area contributed by atoms with E-state index in [4.69, 9.17) is 9.88 Å². The van der Waals surface area contributed by atoms with Crippen molar-refractivity contribution in [2.24, 2.45) is 5.14 Å². The number of amides is 1. The topological polar surface area (TPSA) is 145 Å². The van der Waals surface area contributed by atoms with Crippen LogP contribution in [0.15, 0.2) is 24.3 Å². The number of rotatable bonds is 6. The maximum atomic E-state index is 12.1. The number of nitrogens with one attached hydrogen (secondary N) is 1. The summed E-state index contributed by atoms with van der Waals surface area (Å²) in [6.45, 7) is 0.204. The van der Waals surface area contributed by atoms with E-state index in [0.717, 1.165) is 0 Å². The van der Waals surface area contributed by atoms with Crippen molar-refractivity contribution in [1.82, 2.24) is 9.62 Å². The summed E-state index contributed by atoms with van der Waals surface area (Å²) in [5.74, 6) is 0. The Bertz CT molecular complexity index is 746. The molecule has 0 aliphatic carbocycles. The van der Waals surface area contributed by atoms with E-state index in [1.165, 1.54) is 24.3 Å². The zero-order chi connectivity index (χ0) is 18.6. The summed E-state index contributed by atoms with van der Waals surface area (Å²) in [6, 6.07) is 5.09. The van der Waals surface area contributed by atoms with Gasteiger partial charge in [0, 0.05) is 30.0 Å². The van der Waals surface area contributed by atoms with Crippen LogP contribution in [0.3, 0.4) is 0 Å². The van der Waals surface area contributed by atoms with E-state index in [2.05, 4.69) is 17.9 Å². The smallest absolute Gasteiger partial charge is 0.424 e. The summed E-state index contributed by atoms with van der Waals surface area (Å²) >= 11 is 4.28. The minimum Gasteiger partial charge on any atom is -0.444 e. The highest BCUT2D eigenvalue weighted by molar-refractivity contribution is 7.87. The second-order valence-corrected chi connectivity index (χ2v) is 7.75. The van der Waals surface area contributed by atoms with E-state index < -0.39 is 21.2 Å². The van der Waals surface area contributed by atoms with Gasteiger partial charge in [0.1, 0.15) is 6.61 Å². The molecule has 1 aliphatic heterocycles. The number of nitro groups is 1. The summed E-state index contributed by atoms with van der Waals surface area (Å²) in [6.07, 6.45) is -0.518. The fourth-order valence-electron chi connectivity index (χ4n) is 2.35. The largest absolute Gasteiger partial charge is 0.444 e. The Morgan fingerprint density at radius 2 is 2.04 bits per heavy atom. The van der Waals surface area contributed by atoms with Crippen LogP contribution in [0, 0.1) is 10.1 Å². The molecule has 0 radical (unpaired) electrons. The Labute approximate surface area is 162 Å². The van der Waals surface area contributed by atoms with Gasteiger partial charge in [-0.15, -0.1) is 12.4 Å². The Kier molecular flexibility index (Phi) is 8.09. The first-order valence-electron chi connectivity index (χ1n) is 7.29. The molecule has 10 nitrogen and oxygen atoms in total. The molecule has 0 bridgehead atoms. The zero-order valence-electron chi connectivity index (χ0n) is 13.5. The lowest BCUT2D eigenvalue weighted by atomic mass is 10.2. The monoisotopic (exact) mass is 426 g/mol. The number of thiol groups is 1. The van der Waals surface area contributed by atoms with Crippen molar-refractivity contribution >= 4 is 47.0 Å². The maximum absolute atomic E-state index is 12.1. The summed E-state index contributed by atoms with van der Waals surface area (Å²) in [7, 11) is -4.29. The van der Waals surface area contributed by atoms with Gasteiger partial charge in [0.05, 0.1) is 11.5 Å². The van der Waals surface area contributed by atoms with Crippen LogP contribution < -0.4 is 10.5 Å². The van der Waals surface area contributed by atoms with Crippen molar-refractivity contribution in [3.63, 3.8) is 0 Å². The van der Waals surface area contributed by atoms with Gasteiger partial charge in [0.15, 0.2) is 0 Å². The van der Waals surface area contributed by atoms with Gasteiger partial charge in [-0.25, -0.2) is 9.93 Å². The number of halogens is 1. The number of ether oxygens (including phenoxy) is 1. The predicted octanol–water partition coefficient (Wildman–Crippen LogP) is 0.819. The fraction of sp³-hybridized carbons (Fsp3) is 0.462. The fourth-order valence-corrected chi connectivity index (χ4v) is 3.36. The first-order valence-corrected chi connectivity index (χ1v) is 9.31. The third-order valence-electron chi connectivity index (χ3n) is 3.61. The summed E-state index contributed by atoms with van der Waals surface area (Å²) in [5, 5.41) is 18.8. The highest BCUT2D eigenvalue weighted by atomic mass is 35.5. The van der Waals surface area contributed by atoms with Crippen molar-refractivity contribution in [2.45, 2.75) is 24.3 Å². The van der Waals surface area contributed by atoms with E-state index in [0.29, 0.717) is 22.8 Å². The molecule has 1 aliphatic rings. The molecular formula is C13H19ClN4O6S2. The predicted molar refractivity (Wildman–Crippen MR) is 99.5 cm³/mol. The molecule has 1 aromatic carbocycles. The minimum atomic E-state index is -4.29. The quantitative estimate of drug-likeness (QED) is 0.346. The Morgan fingerprint density at radius 1 is 1.42 bits per heavy atom. The molecule has 13 heteroatoms. The average Bonchev–Trinajstić information content (AvgIpc) is 2.95. The van der Waals surface area contributed by atoms with E-state index in [9.17, 15) is 23.3 Å². The Balaban J connectivity index is 0.00000338. The number of non-ortho nitro benzene ring substituents is 1. The number of nitro benzene ring substituents is 1. The molecule has 0 unspecified atom stereocenters. The van der Waals surface area contributed by atoms with Crippen LogP contribution in [0.4, 0.5) is 10.5 Å². The van der Waals surface area contributed by atoms with E-state index in [-0.39, 0.29) is 42.5 Å². The first-order chi connectivity index (χ1) is 11.7. The van der Waals surface area contributed by atoms with Crippen LogP contribution in [0.2, 0.25) is 0 Å². The molecule has 26 heavy (non-hydrogen) atoms. The molecule has 2 atom stereocenters. The van der Waals surface area contributed by atoms with Crippen LogP contribution in [-0.4, -0.2) is 48.1 Å². The van der Waals surface area contributed by atoms with Gasteiger partial charge < -0.3 is 10.1 Å². The first kappa shape index (κ1) is 22.4.